The highest BCUT2D eigenvalue weighted by Gasteiger charge is 2.08. The summed E-state index contributed by atoms with van der Waals surface area (Å²) in [5, 5.41) is 6.20. The van der Waals surface area contributed by atoms with Gasteiger partial charge in [-0.15, -0.1) is 0 Å². The molecule has 0 aromatic heterocycles. The average Bonchev–Trinajstić information content (AvgIpc) is 2.62. The smallest absolute Gasteiger partial charge is 0.191 e. The Morgan fingerprint density at radius 3 is 2.31 bits per heavy atom. The van der Waals surface area contributed by atoms with Gasteiger partial charge in [0, 0.05) is 25.9 Å². The maximum Gasteiger partial charge on any atom is 0.191 e. The average molecular weight is 386 g/mol. The molecule has 0 bridgehead atoms. The summed E-state index contributed by atoms with van der Waals surface area (Å²) in [4.78, 5) is 4.10. The molecule has 148 valence electrons. The molecule has 0 radical (unpaired) electrons. The largest absolute Gasteiger partial charge is 0.490 e. The molecule has 26 heavy (non-hydrogen) atoms. The van der Waals surface area contributed by atoms with Gasteiger partial charge in [-0.05, 0) is 38.0 Å². The van der Waals surface area contributed by atoms with Crippen molar-refractivity contribution in [1.82, 2.24) is 10.6 Å². The van der Waals surface area contributed by atoms with Crippen molar-refractivity contribution in [3.05, 3.63) is 23.8 Å². The van der Waals surface area contributed by atoms with Crippen molar-refractivity contribution in [2.45, 2.75) is 27.2 Å². The highest BCUT2D eigenvalue weighted by atomic mass is 32.2. The molecule has 1 rings (SSSR count). The number of guanidine groups is 1. The van der Waals surface area contributed by atoms with Crippen LogP contribution in [0.2, 0.25) is 0 Å². The van der Waals surface area contributed by atoms with E-state index in [1.807, 2.05) is 32.0 Å². The lowest BCUT2D eigenvalue weighted by atomic mass is 10.1. The van der Waals surface area contributed by atoms with Crippen molar-refractivity contribution in [1.29, 1.82) is 0 Å². The van der Waals surface area contributed by atoms with Gasteiger partial charge in [-0.3, -0.25) is 4.99 Å². The summed E-state index contributed by atoms with van der Waals surface area (Å²) in [6, 6.07) is 5.92. The maximum atomic E-state index is 11.5. The lowest BCUT2D eigenvalue weighted by Gasteiger charge is -2.14. The lowest BCUT2D eigenvalue weighted by molar-refractivity contribution is 0.287. The summed E-state index contributed by atoms with van der Waals surface area (Å²) in [5.74, 6) is 2.34. The fraction of sp³-hybridized carbons (Fsp3) is 0.611. The van der Waals surface area contributed by atoms with Gasteiger partial charge in [0.2, 0.25) is 0 Å². The fourth-order valence-corrected chi connectivity index (χ4v) is 2.97. The molecule has 1 aromatic carbocycles. The SMILES string of the molecule is CCOc1ccc(CCNC(=NC)NCCS(=O)(=O)CC)cc1OCC. The molecule has 0 unspecified atom stereocenters. The van der Waals surface area contributed by atoms with E-state index in [2.05, 4.69) is 15.6 Å². The van der Waals surface area contributed by atoms with Crippen molar-refractivity contribution < 1.29 is 17.9 Å². The minimum atomic E-state index is -2.98. The number of aliphatic imine (C=N–C) groups is 1. The first-order valence-electron chi connectivity index (χ1n) is 8.99. The van der Waals surface area contributed by atoms with Gasteiger partial charge < -0.3 is 20.1 Å². The van der Waals surface area contributed by atoms with Crippen molar-refractivity contribution in [2.24, 2.45) is 4.99 Å². The fourth-order valence-electron chi connectivity index (χ4n) is 2.27. The van der Waals surface area contributed by atoms with E-state index in [0.717, 1.165) is 23.5 Å². The van der Waals surface area contributed by atoms with Crippen LogP contribution in [0.4, 0.5) is 0 Å². The van der Waals surface area contributed by atoms with Crippen LogP contribution in [0.3, 0.4) is 0 Å². The third-order valence-electron chi connectivity index (χ3n) is 3.68. The summed E-state index contributed by atoms with van der Waals surface area (Å²) in [6.45, 7) is 7.72. The molecule has 7 nitrogen and oxygen atoms in total. The minimum absolute atomic E-state index is 0.0980. The normalized spacial score (nSPS) is 11.9. The molecule has 0 fully saturated rings. The first-order chi connectivity index (χ1) is 12.5. The number of hydrogen-bond acceptors (Lipinski definition) is 5. The highest BCUT2D eigenvalue weighted by Crippen LogP contribution is 2.28. The molecule has 0 heterocycles. The predicted molar refractivity (Wildman–Crippen MR) is 106 cm³/mol. The molecule has 8 heteroatoms. The van der Waals surface area contributed by atoms with Crippen LogP contribution in [0, 0.1) is 0 Å². The van der Waals surface area contributed by atoms with Crippen molar-refractivity contribution in [3.63, 3.8) is 0 Å². The van der Waals surface area contributed by atoms with Crippen molar-refractivity contribution in [3.8, 4) is 11.5 Å². The van der Waals surface area contributed by atoms with Crippen LogP contribution in [0.15, 0.2) is 23.2 Å². The summed E-state index contributed by atoms with van der Waals surface area (Å²) in [5.41, 5.74) is 1.12. The molecular weight excluding hydrogens is 354 g/mol. The van der Waals surface area contributed by atoms with E-state index in [4.69, 9.17) is 9.47 Å². The molecular formula is C18H31N3O4S. The van der Waals surface area contributed by atoms with Crippen LogP contribution >= 0.6 is 0 Å². The summed E-state index contributed by atoms with van der Waals surface area (Å²) in [6.07, 6.45) is 0.778. The Bertz CT molecular complexity index is 675. The predicted octanol–water partition coefficient (Wildman–Crippen LogP) is 1.63. The monoisotopic (exact) mass is 385 g/mol. The quantitative estimate of drug-likeness (QED) is 0.445. The van der Waals surface area contributed by atoms with Crippen LogP contribution in [-0.2, 0) is 16.3 Å². The second kappa shape index (κ2) is 11.6. The number of nitrogens with zero attached hydrogens (tertiary/aromatic N) is 1. The van der Waals surface area contributed by atoms with E-state index in [9.17, 15) is 8.42 Å². The third kappa shape index (κ3) is 7.95. The van der Waals surface area contributed by atoms with Crippen LogP contribution in [-0.4, -0.2) is 59.2 Å². The molecule has 0 amide bonds. The first kappa shape index (κ1) is 22.1. The third-order valence-corrected chi connectivity index (χ3v) is 5.39. The van der Waals surface area contributed by atoms with Crippen LogP contribution in [0.25, 0.3) is 0 Å². The molecule has 2 N–H and O–H groups in total. The highest BCUT2D eigenvalue weighted by molar-refractivity contribution is 7.91. The molecule has 0 saturated heterocycles. The summed E-state index contributed by atoms with van der Waals surface area (Å²) >= 11 is 0. The Balaban J connectivity index is 2.51. The Morgan fingerprint density at radius 1 is 1.04 bits per heavy atom. The molecule has 0 aliphatic heterocycles. The van der Waals surface area contributed by atoms with E-state index >= 15 is 0 Å². The standard InChI is InChI=1S/C18H31N3O4S/c1-5-24-16-9-8-15(14-17(16)25-6-2)10-11-20-18(19-4)21-12-13-26(22,23)7-3/h8-9,14H,5-7,10-13H2,1-4H3,(H2,19,20,21). The Labute approximate surface area is 157 Å². The van der Waals surface area contributed by atoms with Gasteiger partial charge in [-0.25, -0.2) is 8.42 Å². The Morgan fingerprint density at radius 2 is 1.69 bits per heavy atom. The number of rotatable bonds is 11. The second-order valence-corrected chi connectivity index (χ2v) is 8.03. The Hall–Kier alpha value is -1.96. The zero-order valence-corrected chi connectivity index (χ0v) is 17.0. The van der Waals surface area contributed by atoms with Gasteiger partial charge in [-0.2, -0.15) is 0 Å². The zero-order valence-electron chi connectivity index (χ0n) is 16.2. The van der Waals surface area contributed by atoms with Gasteiger partial charge >= 0.3 is 0 Å². The molecule has 0 saturated carbocycles. The zero-order chi connectivity index (χ0) is 19.4. The summed E-state index contributed by atoms with van der Waals surface area (Å²) in [7, 11) is -1.32. The maximum absolute atomic E-state index is 11.5. The van der Waals surface area contributed by atoms with Crippen molar-refractivity contribution >= 4 is 15.8 Å². The topological polar surface area (TPSA) is 89.0 Å². The van der Waals surface area contributed by atoms with E-state index in [0.29, 0.717) is 32.3 Å². The number of ether oxygens (including phenoxy) is 2. The first-order valence-corrected chi connectivity index (χ1v) is 10.8. The van der Waals surface area contributed by atoms with E-state index in [1.54, 1.807) is 14.0 Å². The van der Waals surface area contributed by atoms with Gasteiger partial charge in [0.1, 0.15) is 0 Å². The van der Waals surface area contributed by atoms with Gasteiger partial charge in [0.15, 0.2) is 27.3 Å². The van der Waals surface area contributed by atoms with Crippen LogP contribution in [0.5, 0.6) is 11.5 Å². The molecule has 1 aromatic rings. The molecule has 0 spiro atoms. The lowest BCUT2D eigenvalue weighted by Crippen LogP contribution is -2.40. The number of nitrogens with one attached hydrogen (secondary N) is 2. The van der Waals surface area contributed by atoms with Gasteiger partial charge in [0.25, 0.3) is 0 Å². The van der Waals surface area contributed by atoms with Gasteiger partial charge in [0.05, 0.1) is 19.0 Å². The van der Waals surface area contributed by atoms with Crippen molar-refractivity contribution in [2.75, 3.05) is 44.9 Å². The van der Waals surface area contributed by atoms with Crippen LogP contribution < -0.4 is 20.1 Å². The van der Waals surface area contributed by atoms with Crippen LogP contribution in [0.1, 0.15) is 26.3 Å². The molecule has 0 atom stereocenters. The molecule has 0 aliphatic rings. The molecule has 0 aliphatic carbocycles. The van der Waals surface area contributed by atoms with Gasteiger partial charge in [-0.1, -0.05) is 13.0 Å². The summed E-state index contributed by atoms with van der Waals surface area (Å²) < 4.78 is 34.2. The second-order valence-electron chi connectivity index (χ2n) is 5.56. The Kier molecular flexibility index (Phi) is 9.87. The van der Waals surface area contributed by atoms with E-state index < -0.39 is 9.84 Å². The van der Waals surface area contributed by atoms with E-state index in [-0.39, 0.29) is 11.5 Å². The number of hydrogen-bond donors (Lipinski definition) is 2. The minimum Gasteiger partial charge on any atom is -0.490 e. The number of sulfone groups is 1. The van der Waals surface area contributed by atoms with E-state index in [1.165, 1.54) is 0 Å². The number of benzene rings is 1.